The average molecular weight is 146 g/mol. The molecule has 11 heavy (non-hydrogen) atoms. The Hall–Kier alpha value is -1.35. The van der Waals surface area contributed by atoms with Gasteiger partial charge in [0, 0.05) is 0 Å². The Morgan fingerprint density at radius 2 is 2.18 bits per heavy atom. The van der Waals surface area contributed by atoms with Crippen molar-refractivity contribution in [1.29, 1.82) is 0 Å². The van der Waals surface area contributed by atoms with E-state index in [2.05, 4.69) is 9.97 Å². The van der Waals surface area contributed by atoms with Crippen LogP contribution in [0.5, 0.6) is 0 Å². The first kappa shape index (κ1) is 6.37. The number of H-pyrrole nitrogens is 1. The van der Waals surface area contributed by atoms with E-state index in [0.717, 1.165) is 16.9 Å². The van der Waals surface area contributed by atoms with Gasteiger partial charge in [-0.25, -0.2) is 10.7 Å². The average Bonchev–Trinajstić information content (AvgIpc) is 2.46. The molecule has 0 fully saturated rings. The van der Waals surface area contributed by atoms with Gasteiger partial charge in [0.15, 0.2) is 0 Å². The van der Waals surface area contributed by atoms with E-state index in [1.807, 2.05) is 24.3 Å². The van der Waals surface area contributed by atoms with Crippen LogP contribution in [0.2, 0.25) is 0 Å². The second-order valence-corrected chi connectivity index (χ2v) is 2.38. The van der Waals surface area contributed by atoms with Crippen molar-refractivity contribution in [2.45, 2.75) is 6.54 Å². The van der Waals surface area contributed by atoms with Gasteiger partial charge in [0.25, 0.3) is 0 Å². The molecule has 0 saturated carbocycles. The second-order valence-electron chi connectivity index (χ2n) is 2.38. The van der Waals surface area contributed by atoms with Crippen LogP contribution in [0.3, 0.4) is 0 Å². The maximum Gasteiger partial charge on any atom is 0.122 e. The molecule has 0 aliphatic heterocycles. The number of imidazole rings is 1. The Bertz CT molecular complexity index is 331. The molecular weight excluding hydrogens is 138 g/mol. The molecule has 3 heteroatoms. The van der Waals surface area contributed by atoms with Crippen molar-refractivity contribution in [1.82, 2.24) is 15.7 Å². The summed E-state index contributed by atoms with van der Waals surface area (Å²) in [5.74, 6) is 0.728. The summed E-state index contributed by atoms with van der Waals surface area (Å²) in [6.07, 6.45) is 0. The molecule has 0 aliphatic carbocycles. The second kappa shape index (κ2) is 2.36. The molecule has 0 bridgehead atoms. The highest BCUT2D eigenvalue weighted by Crippen LogP contribution is 2.09. The summed E-state index contributed by atoms with van der Waals surface area (Å²) in [5, 5.41) is 0. The molecule has 2 rings (SSSR count). The summed E-state index contributed by atoms with van der Waals surface area (Å²) in [6.45, 7) is 0.217. The lowest BCUT2D eigenvalue weighted by Gasteiger charge is -1.81. The van der Waals surface area contributed by atoms with Crippen molar-refractivity contribution in [3.8, 4) is 0 Å². The normalized spacial score (nSPS) is 10.6. The molecule has 0 aliphatic rings. The summed E-state index contributed by atoms with van der Waals surface area (Å²) >= 11 is 0. The molecule has 0 unspecified atom stereocenters. The van der Waals surface area contributed by atoms with Crippen LogP contribution in [-0.4, -0.2) is 9.97 Å². The number of hydrogen-bond acceptors (Lipinski definition) is 1. The van der Waals surface area contributed by atoms with Gasteiger partial charge in [-0.15, -0.1) is 0 Å². The maximum atomic E-state index is 7.08. The fourth-order valence-electron chi connectivity index (χ4n) is 1.09. The third kappa shape index (κ3) is 0.991. The minimum Gasteiger partial charge on any atom is -0.341 e. The van der Waals surface area contributed by atoms with Crippen molar-refractivity contribution >= 4 is 11.0 Å². The lowest BCUT2D eigenvalue weighted by atomic mass is 10.3. The third-order valence-electron chi connectivity index (χ3n) is 1.61. The fourth-order valence-corrected chi connectivity index (χ4v) is 1.09. The number of fused-ring (bicyclic) bond motifs is 1. The van der Waals surface area contributed by atoms with Gasteiger partial charge < -0.3 is 4.98 Å². The van der Waals surface area contributed by atoms with Crippen LogP contribution in [0.1, 0.15) is 5.82 Å². The zero-order valence-corrected chi connectivity index (χ0v) is 5.96. The van der Waals surface area contributed by atoms with Gasteiger partial charge >= 0.3 is 0 Å². The first-order valence-corrected chi connectivity index (χ1v) is 3.48. The number of para-hydroxylation sites is 2. The fraction of sp³-hybridized carbons (Fsp3) is 0.125. The van der Waals surface area contributed by atoms with Gasteiger partial charge in [-0.2, -0.15) is 0 Å². The van der Waals surface area contributed by atoms with Crippen LogP contribution in [0, 0.1) is 0 Å². The highest BCUT2D eigenvalue weighted by atomic mass is 14.9. The maximum absolute atomic E-state index is 7.08. The molecule has 1 aromatic heterocycles. The van der Waals surface area contributed by atoms with Gasteiger partial charge in [-0.05, 0) is 12.1 Å². The van der Waals surface area contributed by atoms with E-state index in [4.69, 9.17) is 5.73 Å². The summed E-state index contributed by atoms with van der Waals surface area (Å²) in [6, 6.07) is 7.79. The number of aromatic amines is 1. The first-order chi connectivity index (χ1) is 5.40. The Kier molecular flexibility index (Phi) is 1.36. The molecule has 2 N–H and O–H groups in total. The van der Waals surface area contributed by atoms with Crippen LogP contribution in [0.4, 0.5) is 0 Å². The van der Waals surface area contributed by atoms with E-state index in [0.29, 0.717) is 0 Å². The minimum atomic E-state index is 0.217. The molecule has 2 aromatic rings. The number of rotatable bonds is 1. The predicted octanol–water partition coefficient (Wildman–Crippen LogP) is 1.35. The standard InChI is InChI=1S/C8H8N3/c9-5-8-10-6-3-1-2-4-7(6)11-8/h1-4,9H,5H2,(H,10,11). The number of nitrogens with zero attached hydrogens (tertiary/aromatic N) is 1. The lowest BCUT2D eigenvalue weighted by molar-refractivity contribution is 0.930. The number of aromatic nitrogens is 2. The van der Waals surface area contributed by atoms with Crippen LogP contribution in [0.15, 0.2) is 24.3 Å². The van der Waals surface area contributed by atoms with E-state index in [1.54, 1.807) is 0 Å². The van der Waals surface area contributed by atoms with Crippen LogP contribution in [-0.2, 0) is 6.54 Å². The van der Waals surface area contributed by atoms with Crippen LogP contribution >= 0.6 is 0 Å². The van der Waals surface area contributed by atoms with E-state index in [-0.39, 0.29) is 6.54 Å². The van der Waals surface area contributed by atoms with E-state index >= 15 is 0 Å². The third-order valence-corrected chi connectivity index (χ3v) is 1.61. The van der Waals surface area contributed by atoms with E-state index < -0.39 is 0 Å². The molecule has 0 amide bonds. The van der Waals surface area contributed by atoms with Gasteiger partial charge in [0.05, 0.1) is 17.6 Å². The van der Waals surface area contributed by atoms with Gasteiger partial charge in [0.2, 0.25) is 0 Å². The molecule has 0 saturated heterocycles. The van der Waals surface area contributed by atoms with Gasteiger partial charge in [0.1, 0.15) is 5.82 Å². The van der Waals surface area contributed by atoms with Crippen LogP contribution in [0.25, 0.3) is 11.0 Å². The minimum absolute atomic E-state index is 0.217. The van der Waals surface area contributed by atoms with E-state index in [1.165, 1.54) is 0 Å². The number of benzene rings is 1. The molecule has 55 valence electrons. The van der Waals surface area contributed by atoms with Crippen molar-refractivity contribution in [2.75, 3.05) is 0 Å². The topological polar surface area (TPSA) is 52.5 Å². The quantitative estimate of drug-likeness (QED) is 0.648. The Balaban J connectivity index is 2.69. The predicted molar refractivity (Wildman–Crippen MR) is 42.9 cm³/mol. The van der Waals surface area contributed by atoms with Gasteiger partial charge in [-0.3, -0.25) is 0 Å². The zero-order chi connectivity index (χ0) is 7.68. The molecule has 1 aromatic carbocycles. The first-order valence-electron chi connectivity index (χ1n) is 3.48. The van der Waals surface area contributed by atoms with Crippen molar-refractivity contribution in [2.24, 2.45) is 0 Å². The summed E-state index contributed by atoms with van der Waals surface area (Å²) in [7, 11) is 0. The highest BCUT2D eigenvalue weighted by Gasteiger charge is 1.97. The largest absolute Gasteiger partial charge is 0.341 e. The van der Waals surface area contributed by atoms with Crippen molar-refractivity contribution in [3.05, 3.63) is 30.1 Å². The summed E-state index contributed by atoms with van der Waals surface area (Å²) in [4.78, 5) is 7.23. The van der Waals surface area contributed by atoms with E-state index in [9.17, 15) is 0 Å². The number of hydrogen-bond donors (Lipinski definition) is 1. The Morgan fingerprint density at radius 1 is 1.36 bits per heavy atom. The SMILES string of the molecule is [NH]Cc1nc2ccccc2[nH]1. The smallest absolute Gasteiger partial charge is 0.122 e. The monoisotopic (exact) mass is 146 g/mol. The summed E-state index contributed by atoms with van der Waals surface area (Å²) in [5.41, 5.74) is 9.03. The van der Waals surface area contributed by atoms with Crippen molar-refractivity contribution in [3.63, 3.8) is 0 Å². The lowest BCUT2D eigenvalue weighted by Crippen LogP contribution is -1.85. The molecular formula is C8H8N3. The molecule has 0 atom stereocenters. The molecule has 1 radical (unpaired) electrons. The molecule has 0 spiro atoms. The summed E-state index contributed by atoms with van der Waals surface area (Å²) < 4.78 is 0. The van der Waals surface area contributed by atoms with Crippen molar-refractivity contribution < 1.29 is 0 Å². The highest BCUT2D eigenvalue weighted by molar-refractivity contribution is 5.74. The molecule has 3 nitrogen and oxygen atoms in total. The Labute approximate surface area is 64.2 Å². The van der Waals surface area contributed by atoms with Gasteiger partial charge in [-0.1, -0.05) is 12.1 Å². The number of nitrogens with one attached hydrogen (secondary N) is 2. The molecule has 1 heterocycles. The zero-order valence-electron chi connectivity index (χ0n) is 5.96. The van der Waals surface area contributed by atoms with Crippen LogP contribution < -0.4 is 5.73 Å². The Morgan fingerprint density at radius 3 is 2.91 bits per heavy atom.